The number of allylic oxidation sites excluding steroid dienone is 3. The predicted molar refractivity (Wildman–Crippen MR) is 105 cm³/mol. The van der Waals surface area contributed by atoms with Gasteiger partial charge in [-0.05, 0) is 53.5 Å². The molecule has 1 aliphatic rings. The third-order valence-corrected chi connectivity index (χ3v) is 5.35. The average molecular weight is 400 g/mol. The molecule has 0 spiro atoms. The number of carbonyl (C=O) groups excluding carboxylic acids is 1. The van der Waals surface area contributed by atoms with Gasteiger partial charge in [-0.15, -0.1) is 5.10 Å². The lowest BCUT2D eigenvalue weighted by Gasteiger charge is -2.38. The van der Waals surface area contributed by atoms with Crippen molar-refractivity contribution in [2.45, 2.75) is 45.4 Å². The minimum Gasteiger partial charge on any atom is -0.396 e. The number of aliphatic hydroxyl groups excluding tert-OH is 1. The summed E-state index contributed by atoms with van der Waals surface area (Å²) in [5, 5.41) is 21.8. The number of tetrazole rings is 1. The molecule has 0 saturated heterocycles. The number of nitrogens with two attached hydrogens (primary N) is 1. The SMILES string of the molecule is Cc1cnc(C2([C@H](C)CO)C=C(n3nnnc3C(C)C)C=C(C(N)=O)C2)c(F)c1. The van der Waals surface area contributed by atoms with Gasteiger partial charge in [-0.25, -0.2) is 4.39 Å². The molecule has 8 nitrogen and oxygen atoms in total. The topological polar surface area (TPSA) is 120 Å². The van der Waals surface area contributed by atoms with Crippen LogP contribution in [0.3, 0.4) is 0 Å². The summed E-state index contributed by atoms with van der Waals surface area (Å²) < 4.78 is 16.5. The number of nitrogens with zero attached hydrogens (tertiary/aromatic N) is 5. The maximum Gasteiger partial charge on any atom is 0.244 e. The van der Waals surface area contributed by atoms with E-state index in [9.17, 15) is 9.90 Å². The number of rotatable bonds is 6. The van der Waals surface area contributed by atoms with Crippen molar-refractivity contribution in [2.24, 2.45) is 11.7 Å². The smallest absolute Gasteiger partial charge is 0.244 e. The minimum atomic E-state index is -1.10. The molecular weight excluding hydrogens is 375 g/mol. The number of aromatic nitrogens is 5. The van der Waals surface area contributed by atoms with Crippen molar-refractivity contribution in [3.63, 3.8) is 0 Å². The van der Waals surface area contributed by atoms with Crippen molar-refractivity contribution in [1.82, 2.24) is 25.2 Å². The van der Waals surface area contributed by atoms with Gasteiger partial charge in [-0.2, -0.15) is 4.68 Å². The summed E-state index contributed by atoms with van der Waals surface area (Å²) in [4.78, 5) is 16.5. The van der Waals surface area contributed by atoms with Crippen LogP contribution in [0.2, 0.25) is 0 Å². The molecule has 1 unspecified atom stereocenters. The van der Waals surface area contributed by atoms with E-state index < -0.39 is 23.1 Å². The zero-order chi connectivity index (χ0) is 21.3. The molecule has 2 heterocycles. The van der Waals surface area contributed by atoms with Gasteiger partial charge in [-0.1, -0.05) is 20.8 Å². The number of primary amides is 1. The number of carbonyl (C=O) groups is 1. The first-order valence-corrected chi connectivity index (χ1v) is 9.45. The first-order chi connectivity index (χ1) is 13.7. The summed E-state index contributed by atoms with van der Waals surface area (Å²) in [7, 11) is 0. The van der Waals surface area contributed by atoms with E-state index in [-0.39, 0.29) is 30.2 Å². The van der Waals surface area contributed by atoms with Gasteiger partial charge in [0.25, 0.3) is 0 Å². The van der Waals surface area contributed by atoms with E-state index in [4.69, 9.17) is 5.73 Å². The minimum absolute atomic E-state index is 0.0113. The van der Waals surface area contributed by atoms with E-state index in [0.717, 1.165) is 0 Å². The lowest BCUT2D eigenvalue weighted by Crippen LogP contribution is -2.40. The van der Waals surface area contributed by atoms with Crippen LogP contribution in [0.5, 0.6) is 0 Å². The molecule has 3 N–H and O–H groups in total. The summed E-state index contributed by atoms with van der Waals surface area (Å²) >= 11 is 0. The fraction of sp³-hybridized carbons (Fsp3) is 0.450. The Morgan fingerprint density at radius 3 is 2.72 bits per heavy atom. The van der Waals surface area contributed by atoms with Gasteiger partial charge >= 0.3 is 0 Å². The molecule has 0 bridgehead atoms. The molecule has 3 rings (SSSR count). The number of pyridine rings is 1. The second-order valence-corrected chi connectivity index (χ2v) is 7.85. The highest BCUT2D eigenvalue weighted by Crippen LogP contribution is 2.44. The van der Waals surface area contributed by atoms with Crippen LogP contribution in [0.25, 0.3) is 5.70 Å². The molecule has 1 aliphatic carbocycles. The summed E-state index contributed by atoms with van der Waals surface area (Å²) in [6, 6.07) is 1.39. The van der Waals surface area contributed by atoms with E-state index in [1.165, 1.54) is 10.7 Å². The maximum atomic E-state index is 15.0. The Hall–Kier alpha value is -2.94. The Morgan fingerprint density at radius 2 is 2.14 bits per heavy atom. The fourth-order valence-electron chi connectivity index (χ4n) is 3.66. The molecule has 2 atom stereocenters. The van der Waals surface area contributed by atoms with Gasteiger partial charge in [0.15, 0.2) is 5.82 Å². The van der Waals surface area contributed by atoms with Crippen LogP contribution in [0.1, 0.15) is 50.2 Å². The summed E-state index contributed by atoms with van der Waals surface area (Å²) in [6.45, 7) is 7.17. The zero-order valence-electron chi connectivity index (χ0n) is 16.9. The van der Waals surface area contributed by atoms with Crippen LogP contribution in [0.4, 0.5) is 4.39 Å². The predicted octanol–water partition coefficient (Wildman–Crippen LogP) is 1.86. The van der Waals surface area contributed by atoms with Crippen LogP contribution in [-0.4, -0.2) is 42.8 Å². The first kappa shape index (κ1) is 20.8. The van der Waals surface area contributed by atoms with Crippen molar-refractivity contribution in [3.8, 4) is 0 Å². The highest BCUT2D eigenvalue weighted by Gasteiger charge is 2.43. The molecular formula is C20H25FN6O2. The highest BCUT2D eigenvalue weighted by molar-refractivity contribution is 5.95. The third kappa shape index (κ3) is 3.69. The molecule has 29 heavy (non-hydrogen) atoms. The Bertz CT molecular complexity index is 997. The maximum absolute atomic E-state index is 15.0. The molecule has 9 heteroatoms. The van der Waals surface area contributed by atoms with E-state index in [0.29, 0.717) is 17.1 Å². The van der Waals surface area contributed by atoms with Crippen LogP contribution in [0, 0.1) is 18.7 Å². The van der Waals surface area contributed by atoms with Gasteiger partial charge in [0.05, 0.1) is 11.4 Å². The Morgan fingerprint density at radius 1 is 1.41 bits per heavy atom. The van der Waals surface area contributed by atoms with Gasteiger partial charge in [-0.3, -0.25) is 9.78 Å². The van der Waals surface area contributed by atoms with Crippen LogP contribution in [0.15, 0.2) is 30.0 Å². The number of hydrogen-bond donors (Lipinski definition) is 2. The van der Waals surface area contributed by atoms with E-state index in [1.54, 1.807) is 32.2 Å². The van der Waals surface area contributed by atoms with Crippen molar-refractivity contribution < 1.29 is 14.3 Å². The van der Waals surface area contributed by atoms with Gasteiger partial charge in [0, 0.05) is 29.7 Å². The summed E-state index contributed by atoms with van der Waals surface area (Å²) in [6.07, 6.45) is 5.07. The molecule has 0 radical (unpaired) electrons. The van der Waals surface area contributed by atoms with Gasteiger partial charge in [0.2, 0.25) is 5.91 Å². The molecule has 2 aromatic heterocycles. The van der Waals surface area contributed by atoms with Crippen LogP contribution >= 0.6 is 0 Å². The quantitative estimate of drug-likeness (QED) is 0.764. The van der Waals surface area contributed by atoms with Crippen molar-refractivity contribution in [2.75, 3.05) is 6.61 Å². The number of aliphatic hydroxyl groups is 1. The second-order valence-electron chi connectivity index (χ2n) is 7.85. The Kier molecular flexibility index (Phi) is 5.61. The second kappa shape index (κ2) is 7.82. The number of halogens is 1. The Balaban J connectivity index is 2.30. The number of amides is 1. The van der Waals surface area contributed by atoms with Crippen molar-refractivity contribution in [1.29, 1.82) is 0 Å². The molecule has 0 saturated carbocycles. The molecule has 2 aromatic rings. The fourth-order valence-corrected chi connectivity index (χ4v) is 3.66. The van der Waals surface area contributed by atoms with E-state index >= 15 is 4.39 Å². The molecule has 154 valence electrons. The van der Waals surface area contributed by atoms with Crippen LogP contribution < -0.4 is 5.73 Å². The molecule has 0 aromatic carbocycles. The third-order valence-electron chi connectivity index (χ3n) is 5.35. The highest BCUT2D eigenvalue weighted by atomic mass is 19.1. The van der Waals surface area contributed by atoms with E-state index in [2.05, 4.69) is 20.5 Å². The normalized spacial score (nSPS) is 20.4. The largest absolute Gasteiger partial charge is 0.396 e. The van der Waals surface area contributed by atoms with Crippen molar-refractivity contribution in [3.05, 3.63) is 52.9 Å². The summed E-state index contributed by atoms with van der Waals surface area (Å²) in [5.41, 5.74) is 6.11. The first-order valence-electron chi connectivity index (χ1n) is 9.45. The molecule has 1 amide bonds. The van der Waals surface area contributed by atoms with Gasteiger partial charge in [0.1, 0.15) is 5.82 Å². The lowest BCUT2D eigenvalue weighted by atomic mass is 9.66. The standard InChI is InChI=1S/C20H25FN6O2/c1-11(2)19-24-25-26-27(19)15-6-14(18(22)29)7-20(8-15,13(4)10-28)17-16(21)5-12(3)9-23-17/h5-6,8-9,11,13,28H,7,10H2,1-4H3,(H2,22,29)/t13-,20?/m1/s1. The number of aryl methyl sites for hydroxylation is 1. The zero-order valence-corrected chi connectivity index (χ0v) is 16.9. The van der Waals surface area contributed by atoms with Crippen molar-refractivity contribution >= 4 is 11.6 Å². The summed E-state index contributed by atoms with van der Waals surface area (Å²) in [5.74, 6) is -0.994. The lowest BCUT2D eigenvalue weighted by molar-refractivity contribution is -0.114. The average Bonchev–Trinajstić information content (AvgIpc) is 3.17. The van der Waals surface area contributed by atoms with Gasteiger partial charge < -0.3 is 10.8 Å². The Labute approximate surface area is 168 Å². The van der Waals surface area contributed by atoms with Crippen LogP contribution in [-0.2, 0) is 10.2 Å². The monoisotopic (exact) mass is 400 g/mol. The molecule has 0 fully saturated rings. The van der Waals surface area contributed by atoms with E-state index in [1.807, 2.05) is 13.8 Å². The molecule has 0 aliphatic heterocycles. The number of hydrogen-bond acceptors (Lipinski definition) is 6.